The molecule has 2 aromatic rings. The maximum Gasteiger partial charge on any atom is 0.418 e. The van der Waals surface area contributed by atoms with Gasteiger partial charge in [-0.2, -0.15) is 0 Å². The average Bonchev–Trinajstić information content (AvgIpc) is 2.64. The SMILES string of the molecule is CCOC(=O)c1cn(C(=O)OCC(C)C)c2c(COC(C)=O)cc(C)cc2c1=O. The molecule has 1 heterocycles. The molecule has 0 spiro atoms. The monoisotopic (exact) mass is 403 g/mol. The van der Waals surface area contributed by atoms with Crippen molar-refractivity contribution in [3.63, 3.8) is 0 Å². The van der Waals surface area contributed by atoms with Crippen LogP contribution in [0.15, 0.2) is 23.1 Å². The molecule has 0 unspecified atom stereocenters. The van der Waals surface area contributed by atoms with Gasteiger partial charge in [0.05, 0.1) is 18.7 Å². The van der Waals surface area contributed by atoms with Crippen molar-refractivity contribution in [1.82, 2.24) is 4.57 Å². The molecule has 2 rings (SSSR count). The van der Waals surface area contributed by atoms with Gasteiger partial charge in [0.2, 0.25) is 5.43 Å². The van der Waals surface area contributed by atoms with E-state index in [1.807, 2.05) is 13.8 Å². The first-order chi connectivity index (χ1) is 13.6. The van der Waals surface area contributed by atoms with Gasteiger partial charge < -0.3 is 14.2 Å². The molecule has 8 heteroatoms. The molecule has 0 fully saturated rings. The van der Waals surface area contributed by atoms with Gasteiger partial charge in [0, 0.05) is 24.1 Å². The van der Waals surface area contributed by atoms with Gasteiger partial charge in [-0.15, -0.1) is 0 Å². The first kappa shape index (κ1) is 22.1. The number of carbonyl (C=O) groups is 3. The van der Waals surface area contributed by atoms with Gasteiger partial charge in [-0.05, 0) is 31.4 Å². The molecule has 0 saturated heterocycles. The second-order valence-corrected chi connectivity index (χ2v) is 7.03. The van der Waals surface area contributed by atoms with Gasteiger partial charge in [0.15, 0.2) is 0 Å². The maximum atomic E-state index is 13.0. The fourth-order valence-corrected chi connectivity index (χ4v) is 2.80. The highest BCUT2D eigenvalue weighted by atomic mass is 16.6. The summed E-state index contributed by atoms with van der Waals surface area (Å²) in [5.74, 6) is -1.23. The molecule has 0 aliphatic carbocycles. The molecule has 0 radical (unpaired) electrons. The summed E-state index contributed by atoms with van der Waals surface area (Å²) >= 11 is 0. The van der Waals surface area contributed by atoms with Crippen LogP contribution in [0.1, 0.15) is 49.2 Å². The molecular formula is C21H25NO7. The Hall–Kier alpha value is -3.16. The van der Waals surface area contributed by atoms with Crippen LogP contribution in [-0.2, 0) is 25.6 Å². The topological polar surface area (TPSA) is 101 Å². The summed E-state index contributed by atoms with van der Waals surface area (Å²) in [6.07, 6.45) is 0.375. The third-order valence-electron chi connectivity index (χ3n) is 3.98. The van der Waals surface area contributed by atoms with Gasteiger partial charge in [0.25, 0.3) is 0 Å². The van der Waals surface area contributed by atoms with Crippen molar-refractivity contribution in [1.29, 1.82) is 0 Å². The highest BCUT2D eigenvalue weighted by Gasteiger charge is 2.22. The van der Waals surface area contributed by atoms with Gasteiger partial charge in [-0.1, -0.05) is 19.9 Å². The minimum absolute atomic E-state index is 0.0830. The summed E-state index contributed by atoms with van der Waals surface area (Å²) in [5.41, 5.74) is 0.539. The van der Waals surface area contributed by atoms with E-state index in [4.69, 9.17) is 14.2 Å². The van der Waals surface area contributed by atoms with E-state index in [-0.39, 0.29) is 42.2 Å². The molecule has 1 aromatic carbocycles. The molecule has 29 heavy (non-hydrogen) atoms. The van der Waals surface area contributed by atoms with E-state index in [1.54, 1.807) is 26.0 Å². The Morgan fingerprint density at radius 1 is 1.10 bits per heavy atom. The number of rotatable bonds is 6. The molecule has 0 N–H and O–H groups in total. The van der Waals surface area contributed by atoms with E-state index in [1.165, 1.54) is 6.92 Å². The van der Waals surface area contributed by atoms with Crippen molar-refractivity contribution in [2.45, 2.75) is 41.2 Å². The smallest absolute Gasteiger partial charge is 0.418 e. The van der Waals surface area contributed by atoms with Crippen molar-refractivity contribution in [2.24, 2.45) is 5.92 Å². The van der Waals surface area contributed by atoms with E-state index >= 15 is 0 Å². The Morgan fingerprint density at radius 3 is 2.38 bits per heavy atom. The van der Waals surface area contributed by atoms with E-state index in [2.05, 4.69) is 0 Å². The highest BCUT2D eigenvalue weighted by molar-refractivity contribution is 5.98. The zero-order valence-electron chi connectivity index (χ0n) is 17.2. The second-order valence-electron chi connectivity index (χ2n) is 7.03. The normalized spacial score (nSPS) is 10.8. The average molecular weight is 403 g/mol. The van der Waals surface area contributed by atoms with Gasteiger partial charge in [0.1, 0.15) is 12.2 Å². The molecule has 0 aliphatic heterocycles. The molecule has 1 aromatic heterocycles. The van der Waals surface area contributed by atoms with E-state index in [0.29, 0.717) is 11.1 Å². The lowest BCUT2D eigenvalue weighted by Crippen LogP contribution is -2.26. The van der Waals surface area contributed by atoms with Gasteiger partial charge >= 0.3 is 18.0 Å². The molecule has 8 nitrogen and oxygen atoms in total. The number of esters is 2. The third-order valence-corrected chi connectivity index (χ3v) is 3.98. The third kappa shape index (κ3) is 5.22. The predicted molar refractivity (Wildman–Crippen MR) is 106 cm³/mol. The lowest BCUT2D eigenvalue weighted by Gasteiger charge is -2.16. The lowest BCUT2D eigenvalue weighted by atomic mass is 10.0. The first-order valence-electron chi connectivity index (χ1n) is 9.32. The second kappa shape index (κ2) is 9.36. The highest BCUT2D eigenvalue weighted by Crippen LogP contribution is 2.22. The van der Waals surface area contributed by atoms with Crippen LogP contribution in [0.2, 0.25) is 0 Å². The van der Waals surface area contributed by atoms with Crippen LogP contribution in [0.5, 0.6) is 0 Å². The zero-order chi connectivity index (χ0) is 21.7. The van der Waals surface area contributed by atoms with Crippen LogP contribution in [0.3, 0.4) is 0 Å². The Balaban J connectivity index is 2.78. The summed E-state index contributed by atoms with van der Waals surface area (Å²) in [4.78, 5) is 49.3. The summed E-state index contributed by atoms with van der Waals surface area (Å²) in [6, 6.07) is 3.28. The quantitative estimate of drug-likeness (QED) is 0.539. The number of benzene rings is 1. The van der Waals surface area contributed by atoms with Crippen molar-refractivity contribution < 1.29 is 28.6 Å². The van der Waals surface area contributed by atoms with Crippen molar-refractivity contribution in [3.05, 3.63) is 45.2 Å². The number of aryl methyl sites for hydroxylation is 1. The van der Waals surface area contributed by atoms with Gasteiger partial charge in [-0.25, -0.2) is 9.59 Å². The van der Waals surface area contributed by atoms with Crippen LogP contribution in [0, 0.1) is 12.8 Å². The van der Waals surface area contributed by atoms with E-state index in [0.717, 1.165) is 10.8 Å². The molecule has 0 bridgehead atoms. The fourth-order valence-electron chi connectivity index (χ4n) is 2.80. The number of hydrogen-bond acceptors (Lipinski definition) is 7. The summed E-state index contributed by atoms with van der Waals surface area (Å²) in [6.45, 7) is 8.52. The molecule has 0 aliphatic rings. The largest absolute Gasteiger partial charge is 0.462 e. The van der Waals surface area contributed by atoms with Crippen molar-refractivity contribution >= 4 is 28.9 Å². The number of pyridine rings is 1. The zero-order valence-corrected chi connectivity index (χ0v) is 17.2. The Morgan fingerprint density at radius 2 is 1.79 bits per heavy atom. The minimum atomic E-state index is -0.826. The molecular weight excluding hydrogens is 378 g/mol. The van der Waals surface area contributed by atoms with E-state index < -0.39 is 23.5 Å². The van der Waals surface area contributed by atoms with Crippen LogP contribution < -0.4 is 5.43 Å². The number of carbonyl (C=O) groups excluding carboxylic acids is 3. The Labute approximate surface area is 168 Å². The van der Waals surface area contributed by atoms with Crippen molar-refractivity contribution in [2.75, 3.05) is 13.2 Å². The summed E-state index contributed by atoms with van der Waals surface area (Å²) in [5, 5.41) is 0.138. The number of fused-ring (bicyclic) bond motifs is 1. The summed E-state index contributed by atoms with van der Waals surface area (Å²) < 4.78 is 16.4. The van der Waals surface area contributed by atoms with Gasteiger partial charge in [-0.3, -0.25) is 14.2 Å². The Kier molecular flexibility index (Phi) is 7.14. The number of hydrogen-bond donors (Lipinski definition) is 0. The standard InChI is InChI=1S/C21H25NO7/c1-6-27-20(25)17-9-22(21(26)29-10-12(2)3)18-15(11-28-14(5)23)7-13(4)8-16(18)19(17)24/h7-9,12H,6,10-11H2,1-5H3. The summed E-state index contributed by atoms with van der Waals surface area (Å²) in [7, 11) is 0. The minimum Gasteiger partial charge on any atom is -0.462 e. The van der Waals surface area contributed by atoms with Crippen LogP contribution in [-0.4, -0.2) is 35.8 Å². The van der Waals surface area contributed by atoms with Crippen molar-refractivity contribution in [3.8, 4) is 0 Å². The molecule has 0 saturated carbocycles. The fraction of sp³-hybridized carbons (Fsp3) is 0.429. The maximum absolute atomic E-state index is 13.0. The Bertz CT molecular complexity index is 1000. The number of aromatic nitrogens is 1. The first-order valence-corrected chi connectivity index (χ1v) is 9.32. The molecule has 0 amide bonds. The van der Waals surface area contributed by atoms with Crippen LogP contribution in [0.25, 0.3) is 10.9 Å². The van der Waals surface area contributed by atoms with Crippen LogP contribution >= 0.6 is 0 Å². The molecule has 156 valence electrons. The number of nitrogens with zero attached hydrogens (tertiary/aromatic N) is 1. The lowest BCUT2D eigenvalue weighted by molar-refractivity contribution is -0.142. The van der Waals surface area contributed by atoms with E-state index in [9.17, 15) is 19.2 Å². The molecule has 0 atom stereocenters. The number of ether oxygens (including phenoxy) is 3. The predicted octanol–water partition coefficient (Wildman–Crippen LogP) is 3.19. The van der Waals surface area contributed by atoms with Crippen LogP contribution in [0.4, 0.5) is 4.79 Å².